The maximum atomic E-state index is 12.9. The number of H-pyrrole nitrogens is 1. The van der Waals surface area contributed by atoms with Gasteiger partial charge in [-0.25, -0.2) is 4.98 Å². The van der Waals surface area contributed by atoms with Crippen LogP contribution in [0.25, 0.3) is 10.2 Å². The summed E-state index contributed by atoms with van der Waals surface area (Å²) in [5, 5.41) is 3.77. The molecule has 1 amide bonds. The third kappa shape index (κ3) is 4.43. The molecule has 0 radical (unpaired) electrons. The molecular weight excluding hydrogens is 408 g/mol. The number of anilines is 1. The summed E-state index contributed by atoms with van der Waals surface area (Å²) in [6, 6.07) is 7.65. The maximum Gasteiger partial charge on any atom is 0.259 e. The predicted molar refractivity (Wildman–Crippen MR) is 127 cm³/mol. The number of aryl methyl sites for hydroxylation is 2. The van der Waals surface area contributed by atoms with E-state index in [-0.39, 0.29) is 24.1 Å². The molecule has 0 spiro atoms. The van der Waals surface area contributed by atoms with Crippen molar-refractivity contribution in [3.8, 4) is 0 Å². The van der Waals surface area contributed by atoms with E-state index in [4.69, 9.17) is 4.98 Å². The monoisotopic (exact) mass is 438 g/mol. The van der Waals surface area contributed by atoms with Gasteiger partial charge in [-0.05, 0) is 62.8 Å². The van der Waals surface area contributed by atoms with Gasteiger partial charge in [0.25, 0.3) is 5.56 Å². The lowest BCUT2D eigenvalue weighted by Crippen LogP contribution is -2.33. The average molecular weight is 439 g/mol. The fourth-order valence-corrected chi connectivity index (χ4v) is 5.67. The lowest BCUT2D eigenvalue weighted by molar-refractivity contribution is -0.117. The number of carbonyl (C=O) groups excluding carboxylic acids is 1. The summed E-state index contributed by atoms with van der Waals surface area (Å²) in [4.78, 5) is 37.3. The number of nitrogens with one attached hydrogen (secondary N) is 2. The van der Waals surface area contributed by atoms with E-state index in [1.54, 1.807) is 11.3 Å². The Morgan fingerprint density at radius 3 is 2.94 bits per heavy atom. The summed E-state index contributed by atoms with van der Waals surface area (Å²) in [6.07, 6.45) is 3.96. The lowest BCUT2D eigenvalue weighted by atomic mass is 9.89. The minimum absolute atomic E-state index is 0.0615. The molecule has 2 heterocycles. The molecule has 31 heavy (non-hydrogen) atoms. The second-order valence-corrected chi connectivity index (χ2v) is 9.72. The van der Waals surface area contributed by atoms with E-state index in [1.807, 2.05) is 43.1 Å². The number of fused-ring (bicyclic) bond motifs is 3. The number of nitrogens with zero attached hydrogens (tertiary/aromatic N) is 2. The van der Waals surface area contributed by atoms with Crippen LogP contribution in [-0.4, -0.2) is 34.4 Å². The highest BCUT2D eigenvalue weighted by atomic mass is 32.1. The number of likely N-dealkylation sites (N-methyl/N-ethyl adjacent to an activating group) is 1. The summed E-state index contributed by atoms with van der Waals surface area (Å²) < 4.78 is 0. The first kappa shape index (κ1) is 21.7. The highest BCUT2D eigenvalue weighted by Gasteiger charge is 2.25. The Hall–Kier alpha value is -2.51. The van der Waals surface area contributed by atoms with Crippen molar-refractivity contribution < 1.29 is 4.79 Å². The number of carbonyl (C=O) groups is 1. The molecule has 0 saturated carbocycles. The molecule has 0 saturated heterocycles. The predicted octanol–water partition coefficient (Wildman–Crippen LogP) is 4.30. The molecule has 3 aromatic rings. The van der Waals surface area contributed by atoms with Crippen LogP contribution in [0.1, 0.15) is 55.1 Å². The smallest absolute Gasteiger partial charge is 0.259 e. The van der Waals surface area contributed by atoms with Crippen molar-refractivity contribution in [1.29, 1.82) is 0 Å². The van der Waals surface area contributed by atoms with Crippen molar-refractivity contribution >= 4 is 33.1 Å². The van der Waals surface area contributed by atoms with Gasteiger partial charge in [-0.15, -0.1) is 11.3 Å². The van der Waals surface area contributed by atoms with Crippen LogP contribution in [0.4, 0.5) is 5.69 Å². The largest absolute Gasteiger partial charge is 0.325 e. The van der Waals surface area contributed by atoms with Crippen LogP contribution in [0.3, 0.4) is 0 Å². The fraction of sp³-hybridized carbons (Fsp3) is 0.458. The first-order valence-corrected chi connectivity index (χ1v) is 11.8. The van der Waals surface area contributed by atoms with Crippen LogP contribution >= 0.6 is 11.3 Å². The Morgan fingerprint density at radius 2 is 2.16 bits per heavy atom. The molecule has 2 aromatic heterocycles. The second-order valence-electron chi connectivity index (χ2n) is 8.63. The van der Waals surface area contributed by atoms with Gasteiger partial charge in [0.05, 0.1) is 18.0 Å². The van der Waals surface area contributed by atoms with Crippen LogP contribution in [0, 0.1) is 5.92 Å². The Morgan fingerprint density at radius 1 is 1.39 bits per heavy atom. The Kier molecular flexibility index (Phi) is 6.25. The Labute approximate surface area is 186 Å². The molecule has 1 aliphatic carbocycles. The number of hydrogen-bond acceptors (Lipinski definition) is 5. The zero-order valence-electron chi connectivity index (χ0n) is 18.6. The van der Waals surface area contributed by atoms with Crippen molar-refractivity contribution in [1.82, 2.24) is 14.9 Å². The van der Waals surface area contributed by atoms with Gasteiger partial charge in [-0.3, -0.25) is 14.5 Å². The molecule has 1 aromatic carbocycles. The van der Waals surface area contributed by atoms with Crippen LogP contribution < -0.4 is 10.9 Å². The van der Waals surface area contributed by atoms with Crippen LogP contribution in [-0.2, 0) is 24.1 Å². The molecule has 1 aliphatic rings. The number of rotatable bonds is 6. The number of aromatic amines is 1. The molecule has 0 aliphatic heterocycles. The molecule has 0 bridgehead atoms. The SMILES string of the molecule is CCc1ccccc1NC(=O)CN(C)C(C)c1nc2sc3c(c2c(=O)[nH]1)CCC(C)C3. The van der Waals surface area contributed by atoms with Crippen LogP contribution in [0.5, 0.6) is 0 Å². The summed E-state index contributed by atoms with van der Waals surface area (Å²) in [7, 11) is 1.88. The van der Waals surface area contributed by atoms with Gasteiger partial charge >= 0.3 is 0 Å². The fourth-order valence-electron chi connectivity index (χ4n) is 4.28. The molecule has 2 atom stereocenters. The molecule has 0 fully saturated rings. The van der Waals surface area contributed by atoms with Crippen molar-refractivity contribution in [3.05, 3.63) is 56.4 Å². The quantitative estimate of drug-likeness (QED) is 0.601. The summed E-state index contributed by atoms with van der Waals surface area (Å²) >= 11 is 1.65. The van der Waals surface area contributed by atoms with Crippen LogP contribution in [0.15, 0.2) is 29.1 Å². The van der Waals surface area contributed by atoms with E-state index in [9.17, 15) is 9.59 Å². The minimum Gasteiger partial charge on any atom is -0.325 e. The van der Waals surface area contributed by atoms with E-state index in [2.05, 4.69) is 24.1 Å². The lowest BCUT2D eigenvalue weighted by Gasteiger charge is -2.23. The van der Waals surface area contributed by atoms with E-state index in [0.717, 1.165) is 47.2 Å². The summed E-state index contributed by atoms with van der Waals surface area (Å²) in [5.74, 6) is 1.17. The zero-order chi connectivity index (χ0) is 22.1. The van der Waals surface area contributed by atoms with Crippen molar-refractivity contribution in [2.75, 3.05) is 18.9 Å². The van der Waals surface area contributed by atoms with Gasteiger partial charge in [-0.2, -0.15) is 0 Å². The molecular formula is C24H30N4O2S. The van der Waals surface area contributed by atoms with E-state index in [0.29, 0.717) is 11.7 Å². The first-order chi connectivity index (χ1) is 14.9. The zero-order valence-corrected chi connectivity index (χ0v) is 19.4. The third-order valence-electron chi connectivity index (χ3n) is 6.31. The number of thiophene rings is 1. The van der Waals surface area contributed by atoms with Gasteiger partial charge in [0.2, 0.25) is 5.91 Å². The number of aromatic nitrogens is 2. The molecule has 164 valence electrons. The number of benzene rings is 1. The third-order valence-corrected chi connectivity index (χ3v) is 7.45. The van der Waals surface area contributed by atoms with E-state index >= 15 is 0 Å². The molecule has 4 rings (SSSR count). The number of para-hydroxylation sites is 1. The highest BCUT2D eigenvalue weighted by molar-refractivity contribution is 7.18. The topological polar surface area (TPSA) is 78.1 Å². The summed E-state index contributed by atoms with van der Waals surface area (Å²) in [5.41, 5.74) is 3.09. The van der Waals surface area contributed by atoms with Crippen molar-refractivity contribution in [2.45, 2.75) is 52.5 Å². The summed E-state index contributed by atoms with van der Waals surface area (Å²) in [6.45, 7) is 6.50. The van der Waals surface area contributed by atoms with Crippen molar-refractivity contribution in [2.24, 2.45) is 5.92 Å². The van der Waals surface area contributed by atoms with E-state index in [1.165, 1.54) is 10.4 Å². The van der Waals surface area contributed by atoms with Gasteiger partial charge in [-0.1, -0.05) is 32.0 Å². The molecule has 2 unspecified atom stereocenters. The second kappa shape index (κ2) is 8.93. The Bertz CT molecular complexity index is 1170. The van der Waals surface area contributed by atoms with Crippen LogP contribution in [0.2, 0.25) is 0 Å². The Balaban J connectivity index is 1.51. The van der Waals surface area contributed by atoms with Crippen molar-refractivity contribution in [3.63, 3.8) is 0 Å². The normalized spacial score (nSPS) is 17.0. The van der Waals surface area contributed by atoms with Gasteiger partial charge in [0.1, 0.15) is 10.7 Å². The molecule has 2 N–H and O–H groups in total. The highest BCUT2D eigenvalue weighted by Crippen LogP contribution is 2.36. The van der Waals surface area contributed by atoms with Gasteiger partial charge in [0, 0.05) is 10.6 Å². The molecule has 7 heteroatoms. The van der Waals surface area contributed by atoms with E-state index < -0.39 is 0 Å². The number of hydrogen-bond donors (Lipinski definition) is 2. The minimum atomic E-state index is -0.192. The first-order valence-electron chi connectivity index (χ1n) is 11.0. The number of amides is 1. The standard InChI is InChI=1S/C24H30N4O2S/c1-5-16-8-6-7-9-18(16)25-20(29)13-28(4)15(3)22-26-23(30)21-17-11-10-14(2)12-19(17)31-24(21)27-22/h6-9,14-15H,5,10-13H2,1-4H3,(H,25,29)(H,26,27,30). The van der Waals surface area contributed by atoms with Gasteiger partial charge < -0.3 is 10.3 Å². The molecule has 6 nitrogen and oxygen atoms in total. The van der Waals surface area contributed by atoms with Gasteiger partial charge in [0.15, 0.2) is 0 Å². The average Bonchev–Trinajstić information content (AvgIpc) is 3.11. The maximum absolute atomic E-state index is 12.9.